The number of hydrogen-bond donors (Lipinski definition) is 6. The number of hydrogen-bond acceptors (Lipinski definition) is 12. The number of nitrogens with one attached hydrogen (secondary N) is 2. The molecule has 0 atom stereocenters. The number of nitrogens with two attached hydrogens (primary N) is 4. The molecule has 6 rings (SSSR count). The summed E-state index contributed by atoms with van der Waals surface area (Å²) < 4.78 is 37.7. The second-order valence-electron chi connectivity index (χ2n) is 13.9. The lowest BCUT2D eigenvalue weighted by atomic mass is 10.1. The molecule has 19 heteroatoms. The Morgan fingerprint density at radius 1 is 0.492 bits per heavy atom. The Labute approximate surface area is 363 Å². The molecule has 0 aliphatic heterocycles. The van der Waals surface area contributed by atoms with Crippen LogP contribution in [0.5, 0.6) is 0 Å². The Balaban J connectivity index is 1.04. The molecule has 63 heavy (non-hydrogen) atoms. The molecular weight excluding hydrogens is 829 g/mol. The van der Waals surface area contributed by atoms with Crippen molar-refractivity contribution in [3.05, 3.63) is 168 Å². The summed E-state index contributed by atoms with van der Waals surface area (Å²) in [5.41, 5.74) is 4.17. The number of aryl methyl sites for hydroxylation is 2. The third-order valence-corrected chi connectivity index (χ3v) is 11.3. The van der Waals surface area contributed by atoms with Gasteiger partial charge in [0.05, 0.1) is 32.5 Å². The van der Waals surface area contributed by atoms with Crippen LogP contribution in [0.1, 0.15) is 22.3 Å². The first-order valence-electron chi connectivity index (χ1n) is 19.0. The van der Waals surface area contributed by atoms with Gasteiger partial charge in [-0.15, -0.1) is 0 Å². The summed E-state index contributed by atoms with van der Waals surface area (Å²) in [4.78, 5) is 51.4. The average molecular weight is 873 g/mol. The molecule has 0 heterocycles. The maximum atomic E-state index is 13.5. The van der Waals surface area contributed by atoms with Crippen LogP contribution in [-0.2, 0) is 32.5 Å². The molecule has 0 saturated carbocycles. The van der Waals surface area contributed by atoms with E-state index in [0.29, 0.717) is 11.1 Å². The van der Waals surface area contributed by atoms with Gasteiger partial charge in [-0.2, -0.15) is 0 Å². The molecule has 0 saturated heterocycles. The number of urea groups is 2. The van der Waals surface area contributed by atoms with E-state index in [1.807, 2.05) is 36.4 Å². The number of hydrazine groups is 4. The van der Waals surface area contributed by atoms with Gasteiger partial charge in [-0.3, -0.25) is 0 Å². The summed E-state index contributed by atoms with van der Waals surface area (Å²) >= 11 is 0. The van der Waals surface area contributed by atoms with Gasteiger partial charge >= 0.3 is 24.2 Å². The number of carbonyl (C=O) groups is 4. The number of ether oxygens (including phenoxy) is 2. The lowest BCUT2D eigenvalue weighted by molar-refractivity contribution is 0.146. The zero-order valence-corrected chi connectivity index (χ0v) is 34.9. The predicted molar refractivity (Wildman–Crippen MR) is 239 cm³/mol. The topological polar surface area (TPSA) is 262 Å². The molecule has 0 spiro atoms. The first kappa shape index (κ1) is 44.7. The summed E-state index contributed by atoms with van der Waals surface area (Å²) in [6.07, 6.45) is -1.63. The van der Waals surface area contributed by atoms with E-state index in [-0.39, 0.29) is 57.1 Å². The highest BCUT2D eigenvalue weighted by Gasteiger charge is 2.23. The van der Waals surface area contributed by atoms with Crippen LogP contribution in [0.2, 0.25) is 0 Å². The van der Waals surface area contributed by atoms with Gasteiger partial charge in [0.1, 0.15) is 13.2 Å². The van der Waals surface area contributed by atoms with Crippen molar-refractivity contribution in [1.29, 1.82) is 0 Å². The number of sulfone groups is 1. The van der Waals surface area contributed by atoms with Crippen LogP contribution >= 0.6 is 0 Å². The number of rotatable bonds is 12. The highest BCUT2D eigenvalue weighted by Crippen LogP contribution is 2.28. The largest absolute Gasteiger partial charge is 0.443 e. The molecule has 0 radical (unpaired) electrons. The van der Waals surface area contributed by atoms with Gasteiger partial charge in [0.15, 0.2) is 0 Å². The standard InChI is InChI=1S/C44H44N10O8S/c1-29-13-15-34(25-39(29)53(47)43(57)61-27-31-9-5-3-6-10-31)50-42(56)51(45)35-19-23-38(24-20-35)63(59,60)37-21-16-33(17-22-37)49-41(55)52(46)36-18-14-30(2)40(26-36)54(48)44(58)62-28-32-11-7-4-8-12-32/h3-26H,27-28,45-48H2,1-2H3,(H,49,55)(H,50,56). The second-order valence-corrected chi connectivity index (χ2v) is 15.9. The lowest BCUT2D eigenvalue weighted by Gasteiger charge is -2.22. The molecule has 0 aliphatic carbocycles. The molecule has 0 bridgehead atoms. The van der Waals surface area contributed by atoms with Gasteiger partial charge in [-0.05, 0) is 109 Å². The first-order valence-corrected chi connectivity index (χ1v) is 20.5. The Morgan fingerprint density at radius 3 is 1.40 bits per heavy atom. The Bertz CT molecular complexity index is 2710. The Kier molecular flexibility index (Phi) is 14.0. The van der Waals surface area contributed by atoms with E-state index in [4.69, 9.17) is 32.8 Å². The monoisotopic (exact) mass is 872 g/mol. The molecular formula is C44H44N10O8S. The van der Waals surface area contributed by atoms with Crippen LogP contribution in [0.3, 0.4) is 0 Å². The van der Waals surface area contributed by atoms with E-state index in [1.54, 1.807) is 62.4 Å². The predicted octanol–water partition coefficient (Wildman–Crippen LogP) is 6.99. The van der Waals surface area contributed by atoms with Gasteiger partial charge in [0.2, 0.25) is 9.84 Å². The normalized spacial score (nSPS) is 10.9. The van der Waals surface area contributed by atoms with Crippen LogP contribution in [0, 0.1) is 13.8 Å². The van der Waals surface area contributed by atoms with Crippen molar-refractivity contribution in [3.63, 3.8) is 0 Å². The van der Waals surface area contributed by atoms with Gasteiger partial charge in [0, 0.05) is 11.4 Å². The van der Waals surface area contributed by atoms with Gasteiger partial charge in [-0.1, -0.05) is 72.8 Å². The molecule has 10 N–H and O–H groups in total. The highest BCUT2D eigenvalue weighted by molar-refractivity contribution is 7.91. The van der Waals surface area contributed by atoms with E-state index >= 15 is 0 Å². The minimum Gasteiger partial charge on any atom is -0.443 e. The summed E-state index contributed by atoms with van der Waals surface area (Å²) in [6.45, 7) is 3.47. The smallest absolute Gasteiger partial charge is 0.429 e. The lowest BCUT2D eigenvalue weighted by Crippen LogP contribution is -2.41. The third kappa shape index (κ3) is 10.9. The van der Waals surface area contributed by atoms with E-state index in [9.17, 15) is 27.6 Å². The second kappa shape index (κ2) is 19.7. The van der Waals surface area contributed by atoms with Gasteiger partial charge < -0.3 is 20.1 Å². The fourth-order valence-electron chi connectivity index (χ4n) is 5.97. The molecule has 18 nitrogen and oxygen atoms in total. The van der Waals surface area contributed by atoms with Crippen molar-refractivity contribution >= 4 is 68.2 Å². The number of benzene rings is 6. The van der Waals surface area contributed by atoms with Crippen molar-refractivity contribution in [2.45, 2.75) is 36.9 Å². The summed E-state index contributed by atoms with van der Waals surface area (Å²) in [7, 11) is -4.06. The fourth-order valence-corrected chi connectivity index (χ4v) is 7.23. The summed E-state index contributed by atoms with van der Waals surface area (Å²) in [5, 5.41) is 8.47. The molecule has 0 unspecified atom stereocenters. The molecule has 0 aromatic heterocycles. The summed E-state index contributed by atoms with van der Waals surface area (Å²) in [5.74, 6) is 24.4. The van der Waals surface area contributed by atoms with E-state index in [1.165, 1.54) is 60.7 Å². The maximum absolute atomic E-state index is 13.5. The van der Waals surface area contributed by atoms with Crippen molar-refractivity contribution in [2.75, 3.05) is 30.7 Å². The van der Waals surface area contributed by atoms with Crippen LogP contribution in [-0.4, -0.2) is 32.7 Å². The Hall–Kier alpha value is -7.81. The summed E-state index contributed by atoms with van der Waals surface area (Å²) in [6, 6.07) is 36.6. The number of anilines is 6. The van der Waals surface area contributed by atoms with Crippen molar-refractivity contribution in [1.82, 2.24) is 0 Å². The van der Waals surface area contributed by atoms with Crippen molar-refractivity contribution < 1.29 is 37.1 Å². The van der Waals surface area contributed by atoms with Crippen LogP contribution in [0.25, 0.3) is 0 Å². The number of amides is 6. The minimum absolute atomic E-state index is 0.00414. The quantitative estimate of drug-likeness (QED) is 0.0413. The molecule has 6 aromatic rings. The van der Waals surface area contributed by atoms with E-state index in [0.717, 1.165) is 31.2 Å². The SMILES string of the molecule is Cc1ccc(NC(=O)N(N)c2ccc(S(=O)(=O)c3ccc(NC(=O)N(N)c4ccc(C)c(N(N)C(=O)OCc5ccccc5)c4)cc3)cc2)cc1N(N)C(=O)OCc1ccccc1. The average Bonchev–Trinajstić information content (AvgIpc) is 3.30. The highest BCUT2D eigenvalue weighted by atomic mass is 32.2. The Morgan fingerprint density at radius 2 is 0.889 bits per heavy atom. The number of carbonyl (C=O) groups excluding carboxylic acids is 4. The minimum atomic E-state index is -4.06. The third-order valence-electron chi connectivity index (χ3n) is 9.53. The zero-order valence-electron chi connectivity index (χ0n) is 34.0. The van der Waals surface area contributed by atoms with Crippen LogP contribution in [0.15, 0.2) is 155 Å². The zero-order chi connectivity index (χ0) is 45.3. The van der Waals surface area contributed by atoms with Crippen molar-refractivity contribution in [2.24, 2.45) is 23.4 Å². The van der Waals surface area contributed by atoms with Gasteiger partial charge in [0.25, 0.3) is 0 Å². The van der Waals surface area contributed by atoms with Crippen molar-refractivity contribution in [3.8, 4) is 0 Å². The molecule has 6 aromatic carbocycles. The molecule has 324 valence electrons. The fraction of sp³-hybridized carbons (Fsp3) is 0.0909. The molecule has 0 fully saturated rings. The molecule has 6 amide bonds. The maximum Gasteiger partial charge on any atom is 0.429 e. The van der Waals surface area contributed by atoms with Crippen LogP contribution < -0.4 is 54.0 Å². The van der Waals surface area contributed by atoms with E-state index in [2.05, 4.69) is 10.6 Å². The molecule has 0 aliphatic rings. The van der Waals surface area contributed by atoms with Crippen LogP contribution in [0.4, 0.5) is 53.3 Å². The number of nitrogens with zero attached hydrogens (tertiary/aromatic N) is 4. The van der Waals surface area contributed by atoms with Gasteiger partial charge in [-0.25, -0.2) is 71.0 Å². The van der Waals surface area contributed by atoms with E-state index < -0.39 is 34.1 Å². The first-order chi connectivity index (χ1) is 30.1.